The fourth-order valence-corrected chi connectivity index (χ4v) is 2.67. The number of anilines is 1. The van der Waals surface area contributed by atoms with Gasteiger partial charge in [-0.15, -0.1) is 0 Å². The van der Waals surface area contributed by atoms with Crippen molar-refractivity contribution in [1.82, 2.24) is 0 Å². The molecule has 0 saturated heterocycles. The van der Waals surface area contributed by atoms with Gasteiger partial charge in [0.2, 0.25) is 5.91 Å². The van der Waals surface area contributed by atoms with E-state index in [0.29, 0.717) is 11.6 Å². The van der Waals surface area contributed by atoms with Crippen LogP contribution in [0.3, 0.4) is 0 Å². The van der Waals surface area contributed by atoms with E-state index < -0.39 is 22.5 Å². The highest BCUT2D eigenvalue weighted by Gasteiger charge is 2.15. The summed E-state index contributed by atoms with van der Waals surface area (Å²) in [6.45, 7) is 0. The first kappa shape index (κ1) is 18.9. The van der Waals surface area contributed by atoms with Gasteiger partial charge in [0.05, 0.1) is 16.2 Å². The summed E-state index contributed by atoms with van der Waals surface area (Å²) in [6, 6.07) is 16.2. The SMILES string of the molecule is O=C(/C=C/c1ccccc1[N+](=O)[O-])Nc1c(F)cc(F)cc1-c1ccccc1. The van der Waals surface area contributed by atoms with Crippen LogP contribution in [0.2, 0.25) is 0 Å². The molecular weight excluding hydrogens is 366 g/mol. The monoisotopic (exact) mass is 380 g/mol. The molecule has 0 heterocycles. The lowest BCUT2D eigenvalue weighted by Gasteiger charge is -2.12. The third-order valence-electron chi connectivity index (χ3n) is 3.94. The van der Waals surface area contributed by atoms with E-state index in [2.05, 4.69) is 5.32 Å². The summed E-state index contributed by atoms with van der Waals surface area (Å²) >= 11 is 0. The van der Waals surface area contributed by atoms with Crippen molar-refractivity contribution in [3.05, 3.63) is 100 Å². The lowest BCUT2D eigenvalue weighted by Crippen LogP contribution is -2.11. The van der Waals surface area contributed by atoms with Crippen LogP contribution in [0.5, 0.6) is 0 Å². The van der Waals surface area contributed by atoms with Gasteiger partial charge in [0.15, 0.2) is 0 Å². The molecular formula is C21H14F2N2O3. The zero-order chi connectivity index (χ0) is 20.1. The smallest absolute Gasteiger partial charge is 0.276 e. The van der Waals surface area contributed by atoms with Crippen molar-refractivity contribution >= 4 is 23.4 Å². The predicted octanol–water partition coefficient (Wildman–Crippen LogP) is 5.19. The van der Waals surface area contributed by atoms with Crippen molar-refractivity contribution in [2.24, 2.45) is 0 Å². The number of hydrogen-bond donors (Lipinski definition) is 1. The number of benzene rings is 3. The van der Waals surface area contributed by atoms with E-state index in [0.717, 1.165) is 12.1 Å². The fraction of sp³-hybridized carbons (Fsp3) is 0. The number of nitrogens with zero attached hydrogens (tertiary/aromatic N) is 1. The second-order valence-electron chi connectivity index (χ2n) is 5.81. The normalized spacial score (nSPS) is 10.8. The van der Waals surface area contributed by atoms with Crippen LogP contribution in [0, 0.1) is 21.7 Å². The van der Waals surface area contributed by atoms with Crippen LogP contribution in [-0.4, -0.2) is 10.8 Å². The van der Waals surface area contributed by atoms with Crippen LogP contribution in [0.25, 0.3) is 17.2 Å². The summed E-state index contributed by atoms with van der Waals surface area (Å²) in [5.74, 6) is -2.41. The Labute approximate surface area is 159 Å². The van der Waals surface area contributed by atoms with Crippen LogP contribution in [0.4, 0.5) is 20.2 Å². The molecule has 3 rings (SSSR count). The zero-order valence-corrected chi connectivity index (χ0v) is 14.4. The number of nitrogens with one attached hydrogen (secondary N) is 1. The van der Waals surface area contributed by atoms with Gasteiger partial charge in [-0.05, 0) is 23.8 Å². The van der Waals surface area contributed by atoms with Gasteiger partial charge < -0.3 is 5.32 Å². The minimum atomic E-state index is -0.925. The Morgan fingerprint density at radius 1 is 1.00 bits per heavy atom. The van der Waals surface area contributed by atoms with Crippen LogP contribution in [-0.2, 0) is 4.79 Å². The largest absolute Gasteiger partial charge is 0.319 e. The average Bonchev–Trinajstić information content (AvgIpc) is 2.69. The molecule has 3 aromatic carbocycles. The second kappa shape index (κ2) is 8.22. The van der Waals surface area contributed by atoms with Crippen molar-refractivity contribution in [1.29, 1.82) is 0 Å². The van der Waals surface area contributed by atoms with Gasteiger partial charge in [0, 0.05) is 23.8 Å². The van der Waals surface area contributed by atoms with Crippen molar-refractivity contribution < 1.29 is 18.5 Å². The summed E-state index contributed by atoms with van der Waals surface area (Å²) in [5.41, 5.74) is 0.601. The van der Waals surface area contributed by atoms with Crippen molar-refractivity contribution in [3.8, 4) is 11.1 Å². The number of carbonyl (C=O) groups excluding carboxylic acids is 1. The van der Waals surface area contributed by atoms with Gasteiger partial charge in [-0.2, -0.15) is 0 Å². The van der Waals surface area contributed by atoms with Gasteiger partial charge in [-0.3, -0.25) is 14.9 Å². The van der Waals surface area contributed by atoms with Crippen molar-refractivity contribution in [2.75, 3.05) is 5.32 Å². The maximum absolute atomic E-state index is 14.3. The number of rotatable bonds is 5. The first-order chi connectivity index (χ1) is 13.5. The summed E-state index contributed by atoms with van der Waals surface area (Å²) in [7, 11) is 0. The van der Waals surface area contributed by atoms with Crippen LogP contribution in [0.1, 0.15) is 5.56 Å². The van der Waals surface area contributed by atoms with E-state index in [4.69, 9.17) is 0 Å². The molecule has 0 aromatic heterocycles. The fourth-order valence-electron chi connectivity index (χ4n) is 2.67. The molecule has 140 valence electrons. The zero-order valence-electron chi connectivity index (χ0n) is 14.4. The Kier molecular flexibility index (Phi) is 5.55. The summed E-state index contributed by atoms with van der Waals surface area (Å²) in [6.07, 6.45) is 2.32. The van der Waals surface area contributed by atoms with Crippen LogP contribution in [0.15, 0.2) is 72.8 Å². The van der Waals surface area contributed by atoms with Gasteiger partial charge >= 0.3 is 0 Å². The van der Waals surface area contributed by atoms with E-state index in [1.807, 2.05) is 0 Å². The number of nitro groups is 1. The third-order valence-corrected chi connectivity index (χ3v) is 3.94. The summed E-state index contributed by atoms with van der Waals surface area (Å²) in [4.78, 5) is 22.7. The quantitative estimate of drug-likeness (QED) is 0.376. The van der Waals surface area contributed by atoms with Gasteiger partial charge in [0.1, 0.15) is 11.6 Å². The van der Waals surface area contributed by atoms with E-state index in [-0.39, 0.29) is 22.5 Å². The number of hydrogen-bond acceptors (Lipinski definition) is 3. The van der Waals surface area contributed by atoms with E-state index >= 15 is 0 Å². The molecule has 0 bridgehead atoms. The first-order valence-electron chi connectivity index (χ1n) is 8.22. The third kappa shape index (κ3) is 4.27. The number of halogens is 2. The number of para-hydroxylation sites is 1. The molecule has 0 atom stereocenters. The van der Waals surface area contributed by atoms with E-state index in [1.54, 1.807) is 36.4 Å². The van der Waals surface area contributed by atoms with Gasteiger partial charge in [-0.25, -0.2) is 8.78 Å². The first-order valence-corrected chi connectivity index (χ1v) is 8.22. The molecule has 5 nitrogen and oxygen atoms in total. The molecule has 0 aliphatic heterocycles. The van der Waals surface area contributed by atoms with E-state index in [9.17, 15) is 23.7 Å². The van der Waals surface area contributed by atoms with Gasteiger partial charge in [0.25, 0.3) is 5.69 Å². The molecule has 0 radical (unpaired) electrons. The average molecular weight is 380 g/mol. The maximum Gasteiger partial charge on any atom is 0.276 e. The Hall–Kier alpha value is -3.87. The molecule has 3 aromatic rings. The van der Waals surface area contributed by atoms with Crippen molar-refractivity contribution in [3.63, 3.8) is 0 Å². The molecule has 1 N–H and O–H groups in total. The highest BCUT2D eigenvalue weighted by molar-refractivity contribution is 6.04. The minimum absolute atomic E-state index is 0.163. The number of nitro benzene ring substituents is 1. The topological polar surface area (TPSA) is 72.2 Å². The highest BCUT2D eigenvalue weighted by Crippen LogP contribution is 2.31. The Morgan fingerprint density at radius 3 is 2.39 bits per heavy atom. The van der Waals surface area contributed by atoms with E-state index in [1.165, 1.54) is 24.3 Å². The van der Waals surface area contributed by atoms with Gasteiger partial charge in [-0.1, -0.05) is 42.5 Å². The summed E-state index contributed by atoms with van der Waals surface area (Å²) in [5, 5.41) is 13.4. The van der Waals surface area contributed by atoms with Crippen LogP contribution >= 0.6 is 0 Å². The molecule has 0 unspecified atom stereocenters. The Bertz CT molecular complexity index is 1070. The Morgan fingerprint density at radius 2 is 1.68 bits per heavy atom. The molecule has 0 fully saturated rings. The molecule has 0 saturated carbocycles. The predicted molar refractivity (Wildman–Crippen MR) is 103 cm³/mol. The highest BCUT2D eigenvalue weighted by atomic mass is 19.1. The molecule has 1 amide bonds. The standard InChI is InChI=1S/C21H14F2N2O3/c22-16-12-17(14-6-2-1-3-7-14)21(18(23)13-16)24-20(26)11-10-15-8-4-5-9-19(15)25(27)28/h1-13H,(H,24,26)/b11-10+. The minimum Gasteiger partial charge on any atom is -0.319 e. The molecule has 0 spiro atoms. The summed E-state index contributed by atoms with van der Waals surface area (Å²) < 4.78 is 28.0. The molecule has 0 aliphatic rings. The number of carbonyl (C=O) groups is 1. The lowest BCUT2D eigenvalue weighted by atomic mass is 10.0. The molecule has 0 aliphatic carbocycles. The Balaban J connectivity index is 1.90. The molecule has 28 heavy (non-hydrogen) atoms. The second-order valence-corrected chi connectivity index (χ2v) is 5.81. The van der Waals surface area contributed by atoms with Crippen LogP contribution < -0.4 is 5.32 Å². The maximum atomic E-state index is 14.3. The molecule has 7 heteroatoms. The lowest BCUT2D eigenvalue weighted by molar-refractivity contribution is -0.385. The van der Waals surface area contributed by atoms with Crippen molar-refractivity contribution in [2.45, 2.75) is 0 Å². The number of amides is 1.